The maximum Gasteiger partial charge on any atom is 0.273 e. The van der Waals surface area contributed by atoms with E-state index < -0.39 is 17.9 Å². The average molecular weight is 357 g/mol. The van der Waals surface area contributed by atoms with Crippen LogP contribution in [0.4, 0.5) is 0 Å². The normalized spacial score (nSPS) is 17.5. The van der Waals surface area contributed by atoms with Gasteiger partial charge in [0.1, 0.15) is 5.84 Å². The molecule has 1 atom stereocenters. The Labute approximate surface area is 149 Å². The number of benzene rings is 1. The summed E-state index contributed by atoms with van der Waals surface area (Å²) in [5.74, 6) is -0.536. The van der Waals surface area contributed by atoms with Gasteiger partial charge in [-0.25, -0.2) is 4.99 Å². The molecule has 3 rings (SSSR count). The number of nitrogens with one attached hydrogen (secondary N) is 1. The predicted molar refractivity (Wildman–Crippen MR) is 97.3 cm³/mol. The number of aliphatic imine (C=N–C) groups is 1. The summed E-state index contributed by atoms with van der Waals surface area (Å²) in [7, 11) is 1.61. The Bertz CT molecular complexity index is 843. The number of likely N-dealkylation sites (N-methyl/N-ethyl adjacent to an activating group) is 1. The molecule has 7 heteroatoms. The SMILES string of the molecule is Cc1cccc(CNC(=O)C2=C(O)C(O)N(C)C(c3cccs3)=N2)c1. The number of aryl methyl sites for hydroxylation is 1. The number of aliphatic hydroxyl groups excluding tert-OH is 2. The second-order valence-corrected chi connectivity index (χ2v) is 6.75. The standard InChI is InChI=1S/C18H19N3O3S/c1-11-5-3-6-12(9-11)10-19-17(23)14-15(22)18(24)21(2)16(20-14)13-7-4-8-25-13/h3-9,18,22,24H,10H2,1-2H3,(H,19,23). The van der Waals surface area contributed by atoms with Crippen LogP contribution in [0.2, 0.25) is 0 Å². The van der Waals surface area contributed by atoms with Gasteiger partial charge in [-0.15, -0.1) is 11.3 Å². The fourth-order valence-electron chi connectivity index (χ4n) is 2.55. The van der Waals surface area contributed by atoms with Gasteiger partial charge in [-0.1, -0.05) is 35.9 Å². The highest BCUT2D eigenvalue weighted by Gasteiger charge is 2.32. The highest BCUT2D eigenvalue weighted by molar-refractivity contribution is 7.12. The van der Waals surface area contributed by atoms with Gasteiger partial charge in [0.2, 0.25) is 0 Å². The molecule has 0 fully saturated rings. The van der Waals surface area contributed by atoms with Crippen LogP contribution in [0.25, 0.3) is 0 Å². The van der Waals surface area contributed by atoms with E-state index in [1.165, 1.54) is 16.2 Å². The Morgan fingerprint density at radius 3 is 2.84 bits per heavy atom. The van der Waals surface area contributed by atoms with Crippen LogP contribution in [0, 0.1) is 6.92 Å². The third kappa shape index (κ3) is 3.57. The second-order valence-electron chi connectivity index (χ2n) is 5.80. The molecule has 6 nitrogen and oxygen atoms in total. The van der Waals surface area contributed by atoms with E-state index in [4.69, 9.17) is 0 Å². The van der Waals surface area contributed by atoms with E-state index in [0.717, 1.165) is 16.0 Å². The van der Waals surface area contributed by atoms with Crippen LogP contribution in [0.3, 0.4) is 0 Å². The number of aliphatic hydroxyl groups is 2. The summed E-state index contributed by atoms with van der Waals surface area (Å²) in [6.45, 7) is 2.29. The van der Waals surface area contributed by atoms with E-state index in [9.17, 15) is 15.0 Å². The largest absolute Gasteiger partial charge is 0.506 e. The summed E-state index contributed by atoms with van der Waals surface area (Å²) in [6.07, 6.45) is -1.31. The van der Waals surface area contributed by atoms with E-state index in [1.807, 2.05) is 48.7 Å². The number of thiophene rings is 1. The molecule has 1 aromatic carbocycles. The minimum absolute atomic E-state index is 0.165. The zero-order valence-corrected chi connectivity index (χ0v) is 14.7. The van der Waals surface area contributed by atoms with Crippen molar-refractivity contribution in [3.63, 3.8) is 0 Å². The fraction of sp³-hybridized carbons (Fsp3) is 0.222. The number of carbonyl (C=O) groups excluding carboxylic acids is 1. The lowest BCUT2D eigenvalue weighted by Crippen LogP contribution is -2.43. The Hall–Kier alpha value is -2.64. The molecule has 130 valence electrons. The van der Waals surface area contributed by atoms with Gasteiger partial charge >= 0.3 is 0 Å². The highest BCUT2D eigenvalue weighted by Crippen LogP contribution is 2.23. The highest BCUT2D eigenvalue weighted by atomic mass is 32.1. The molecule has 1 unspecified atom stereocenters. The first-order valence-electron chi connectivity index (χ1n) is 7.77. The molecule has 2 aromatic rings. The Morgan fingerprint density at radius 2 is 2.16 bits per heavy atom. The number of hydrogen-bond donors (Lipinski definition) is 3. The molecule has 0 spiro atoms. The van der Waals surface area contributed by atoms with Crippen LogP contribution in [-0.2, 0) is 11.3 Å². The quantitative estimate of drug-likeness (QED) is 0.783. The van der Waals surface area contributed by atoms with Crippen molar-refractivity contribution < 1.29 is 15.0 Å². The van der Waals surface area contributed by atoms with Gasteiger partial charge in [-0.2, -0.15) is 0 Å². The minimum Gasteiger partial charge on any atom is -0.506 e. The lowest BCUT2D eigenvalue weighted by molar-refractivity contribution is -0.118. The molecule has 1 aliphatic heterocycles. The second kappa shape index (κ2) is 7.08. The van der Waals surface area contributed by atoms with Gasteiger partial charge in [-0.05, 0) is 23.9 Å². The topological polar surface area (TPSA) is 85.2 Å². The van der Waals surface area contributed by atoms with Crippen molar-refractivity contribution in [2.45, 2.75) is 19.7 Å². The molecule has 0 aliphatic carbocycles. The lowest BCUT2D eigenvalue weighted by Gasteiger charge is -2.30. The number of amides is 1. The summed E-state index contributed by atoms with van der Waals surface area (Å²) in [6, 6.07) is 11.5. The van der Waals surface area contributed by atoms with E-state index >= 15 is 0 Å². The van der Waals surface area contributed by atoms with Gasteiger partial charge in [0.15, 0.2) is 17.7 Å². The molecule has 1 aliphatic rings. The fourth-order valence-corrected chi connectivity index (χ4v) is 3.31. The van der Waals surface area contributed by atoms with E-state index in [0.29, 0.717) is 12.4 Å². The van der Waals surface area contributed by atoms with Crippen LogP contribution >= 0.6 is 11.3 Å². The van der Waals surface area contributed by atoms with Crippen molar-refractivity contribution in [3.8, 4) is 0 Å². The van der Waals surface area contributed by atoms with Crippen molar-refractivity contribution >= 4 is 23.1 Å². The van der Waals surface area contributed by atoms with Gasteiger partial charge in [-0.3, -0.25) is 4.79 Å². The van der Waals surface area contributed by atoms with E-state index in [2.05, 4.69) is 10.3 Å². The Balaban J connectivity index is 1.82. The van der Waals surface area contributed by atoms with E-state index in [1.54, 1.807) is 7.05 Å². The molecule has 1 aromatic heterocycles. The summed E-state index contributed by atoms with van der Waals surface area (Å²) < 4.78 is 0. The monoisotopic (exact) mass is 357 g/mol. The van der Waals surface area contributed by atoms with Crippen LogP contribution in [0.5, 0.6) is 0 Å². The number of amidine groups is 1. The molecule has 3 N–H and O–H groups in total. The molecule has 25 heavy (non-hydrogen) atoms. The van der Waals surface area contributed by atoms with Crippen molar-refractivity contribution in [1.29, 1.82) is 0 Å². The van der Waals surface area contributed by atoms with Gasteiger partial charge in [0, 0.05) is 13.6 Å². The smallest absolute Gasteiger partial charge is 0.273 e. The van der Waals surface area contributed by atoms with E-state index in [-0.39, 0.29) is 5.70 Å². The third-order valence-electron chi connectivity index (χ3n) is 3.90. The minimum atomic E-state index is -1.31. The predicted octanol–water partition coefficient (Wildman–Crippen LogP) is 2.15. The van der Waals surface area contributed by atoms with Crippen LogP contribution in [0.15, 0.2) is 58.2 Å². The van der Waals surface area contributed by atoms with Crippen molar-refractivity contribution in [2.24, 2.45) is 4.99 Å². The Kier molecular flexibility index (Phi) is 4.87. The summed E-state index contributed by atoms with van der Waals surface area (Å²) in [5, 5.41) is 25.0. The van der Waals surface area contributed by atoms with Crippen molar-refractivity contribution in [1.82, 2.24) is 10.2 Å². The number of hydrogen-bond acceptors (Lipinski definition) is 6. The molecular weight excluding hydrogens is 338 g/mol. The zero-order chi connectivity index (χ0) is 18.0. The third-order valence-corrected chi connectivity index (χ3v) is 4.76. The van der Waals surface area contributed by atoms with Gasteiger partial charge in [0.25, 0.3) is 5.91 Å². The first-order chi connectivity index (χ1) is 12.0. The summed E-state index contributed by atoms with van der Waals surface area (Å²) >= 11 is 1.44. The number of rotatable bonds is 4. The number of nitrogens with zero attached hydrogens (tertiary/aromatic N) is 2. The lowest BCUT2D eigenvalue weighted by atomic mass is 10.1. The molecule has 0 saturated heterocycles. The molecule has 0 bridgehead atoms. The van der Waals surface area contributed by atoms with Crippen LogP contribution in [0.1, 0.15) is 16.0 Å². The zero-order valence-electron chi connectivity index (χ0n) is 13.9. The maximum absolute atomic E-state index is 12.5. The summed E-state index contributed by atoms with van der Waals surface area (Å²) in [5.41, 5.74) is 1.88. The first-order valence-corrected chi connectivity index (χ1v) is 8.65. The number of carbonyl (C=O) groups is 1. The molecule has 0 radical (unpaired) electrons. The van der Waals surface area contributed by atoms with Crippen molar-refractivity contribution in [2.75, 3.05) is 7.05 Å². The summed E-state index contributed by atoms with van der Waals surface area (Å²) in [4.78, 5) is 19.0. The maximum atomic E-state index is 12.5. The molecule has 0 saturated carbocycles. The molecular formula is C18H19N3O3S. The van der Waals surface area contributed by atoms with Gasteiger partial charge < -0.3 is 20.4 Å². The first kappa shape index (κ1) is 17.2. The average Bonchev–Trinajstić information content (AvgIpc) is 3.12. The van der Waals surface area contributed by atoms with Crippen LogP contribution < -0.4 is 5.32 Å². The Morgan fingerprint density at radius 1 is 1.36 bits per heavy atom. The van der Waals surface area contributed by atoms with Gasteiger partial charge in [0.05, 0.1) is 4.88 Å². The van der Waals surface area contributed by atoms with Crippen molar-refractivity contribution in [3.05, 3.63) is 69.2 Å². The molecule has 2 heterocycles. The molecule has 1 amide bonds. The van der Waals surface area contributed by atoms with Crippen LogP contribution in [-0.4, -0.2) is 40.1 Å².